The maximum absolute atomic E-state index is 5.86. The van der Waals surface area contributed by atoms with Crippen molar-refractivity contribution < 1.29 is 4.74 Å². The van der Waals surface area contributed by atoms with Gasteiger partial charge in [0.1, 0.15) is 17.5 Å². The molecule has 1 aromatic rings. The van der Waals surface area contributed by atoms with Gasteiger partial charge in [0.05, 0.1) is 6.20 Å². The normalized spacial score (nSPS) is 21.3. The van der Waals surface area contributed by atoms with Crippen molar-refractivity contribution in [2.45, 2.75) is 25.8 Å². The Balaban J connectivity index is 1.91. The first-order valence-electron chi connectivity index (χ1n) is 5.62. The molecule has 0 N–H and O–H groups in total. The molecule has 2 rings (SSSR count). The molecule has 1 saturated heterocycles. The Morgan fingerprint density at radius 1 is 1.62 bits per heavy atom. The second-order valence-electron chi connectivity index (χ2n) is 4.37. The smallest absolute Gasteiger partial charge is 0.138 e. The number of likely N-dealkylation sites (tertiary alicyclic amines) is 1. The largest absolute Gasteiger partial charge is 0.490 e. The van der Waals surface area contributed by atoms with Crippen LogP contribution in [0.25, 0.3) is 0 Å². The molecule has 0 amide bonds. The lowest BCUT2D eigenvalue weighted by Crippen LogP contribution is -2.30. The molecule has 2 heterocycles. The van der Waals surface area contributed by atoms with E-state index in [9.17, 15) is 0 Å². The number of nitrogens with zero attached hydrogens (tertiary/aromatic N) is 2. The second kappa shape index (κ2) is 5.02. The van der Waals surface area contributed by atoms with Crippen molar-refractivity contribution in [3.63, 3.8) is 0 Å². The van der Waals surface area contributed by atoms with E-state index in [0.29, 0.717) is 11.2 Å². The highest BCUT2D eigenvalue weighted by atomic mass is 35.5. The second-order valence-corrected chi connectivity index (χ2v) is 4.72. The van der Waals surface area contributed by atoms with Crippen molar-refractivity contribution in [1.82, 2.24) is 9.88 Å². The van der Waals surface area contributed by atoms with Crippen LogP contribution in [-0.2, 0) is 0 Å². The van der Waals surface area contributed by atoms with E-state index in [-0.39, 0.29) is 0 Å². The Labute approximate surface area is 101 Å². The van der Waals surface area contributed by atoms with E-state index in [1.165, 1.54) is 19.4 Å². The van der Waals surface area contributed by atoms with Gasteiger partial charge in [-0.2, -0.15) is 0 Å². The van der Waals surface area contributed by atoms with Gasteiger partial charge < -0.3 is 9.64 Å². The van der Waals surface area contributed by atoms with Gasteiger partial charge in [0.15, 0.2) is 0 Å². The zero-order valence-corrected chi connectivity index (χ0v) is 10.5. The number of aromatic nitrogens is 1. The highest BCUT2D eigenvalue weighted by molar-refractivity contribution is 6.30. The number of rotatable bonds is 3. The van der Waals surface area contributed by atoms with E-state index in [1.54, 1.807) is 6.20 Å². The van der Waals surface area contributed by atoms with Crippen LogP contribution < -0.4 is 4.74 Å². The fourth-order valence-corrected chi connectivity index (χ4v) is 2.10. The van der Waals surface area contributed by atoms with Crippen LogP contribution in [0.1, 0.15) is 18.4 Å². The fourth-order valence-electron chi connectivity index (χ4n) is 1.99. The summed E-state index contributed by atoms with van der Waals surface area (Å²) in [6.07, 6.45) is 4.17. The minimum absolute atomic E-state index is 0.538. The summed E-state index contributed by atoms with van der Waals surface area (Å²) in [7, 11) is 2.15. The monoisotopic (exact) mass is 240 g/mol. The molecule has 1 atom stereocenters. The van der Waals surface area contributed by atoms with Gasteiger partial charge in [0, 0.05) is 6.04 Å². The summed E-state index contributed by atoms with van der Waals surface area (Å²) in [5.74, 6) is 0.808. The number of pyridine rings is 1. The van der Waals surface area contributed by atoms with Crippen LogP contribution in [0.15, 0.2) is 12.3 Å². The van der Waals surface area contributed by atoms with Crippen LogP contribution in [0.3, 0.4) is 0 Å². The summed E-state index contributed by atoms with van der Waals surface area (Å²) >= 11 is 5.86. The van der Waals surface area contributed by atoms with E-state index in [4.69, 9.17) is 16.3 Å². The molecular formula is C12H17ClN2O. The minimum atomic E-state index is 0.538. The Bertz CT molecular complexity index is 370. The quantitative estimate of drug-likeness (QED) is 0.760. The SMILES string of the molecule is Cc1cc(OC[C@@H]2CCCN2C)cnc1Cl. The lowest BCUT2D eigenvalue weighted by atomic mass is 10.2. The highest BCUT2D eigenvalue weighted by Gasteiger charge is 2.21. The number of hydrogen-bond donors (Lipinski definition) is 0. The van der Waals surface area contributed by atoms with Crippen molar-refractivity contribution in [3.05, 3.63) is 23.0 Å². The van der Waals surface area contributed by atoms with Gasteiger partial charge in [-0.3, -0.25) is 0 Å². The molecule has 1 fully saturated rings. The van der Waals surface area contributed by atoms with Crippen LogP contribution in [-0.4, -0.2) is 36.1 Å². The molecule has 0 spiro atoms. The van der Waals surface area contributed by atoms with E-state index in [2.05, 4.69) is 16.9 Å². The van der Waals surface area contributed by atoms with Crippen molar-refractivity contribution in [3.8, 4) is 5.75 Å². The Morgan fingerprint density at radius 3 is 3.06 bits per heavy atom. The maximum atomic E-state index is 5.86. The van der Waals surface area contributed by atoms with Crippen LogP contribution in [0, 0.1) is 6.92 Å². The van der Waals surface area contributed by atoms with Gasteiger partial charge in [-0.25, -0.2) is 4.98 Å². The van der Waals surface area contributed by atoms with Crippen molar-refractivity contribution in [2.24, 2.45) is 0 Å². The topological polar surface area (TPSA) is 25.4 Å². The first kappa shape index (κ1) is 11.7. The van der Waals surface area contributed by atoms with Crippen molar-refractivity contribution >= 4 is 11.6 Å². The molecule has 0 radical (unpaired) electrons. The van der Waals surface area contributed by atoms with E-state index in [0.717, 1.165) is 17.9 Å². The molecule has 0 saturated carbocycles. The van der Waals surface area contributed by atoms with Gasteiger partial charge in [-0.1, -0.05) is 11.6 Å². The average Bonchev–Trinajstić information content (AvgIpc) is 2.66. The third kappa shape index (κ3) is 2.66. The third-order valence-corrected chi connectivity index (χ3v) is 3.50. The lowest BCUT2D eigenvalue weighted by Gasteiger charge is -2.19. The Kier molecular flexibility index (Phi) is 3.66. The van der Waals surface area contributed by atoms with Gasteiger partial charge in [0.25, 0.3) is 0 Å². The van der Waals surface area contributed by atoms with E-state index in [1.807, 2.05) is 13.0 Å². The number of halogens is 1. The molecule has 1 aliphatic heterocycles. The molecule has 3 nitrogen and oxygen atoms in total. The number of likely N-dealkylation sites (N-methyl/N-ethyl adjacent to an activating group) is 1. The molecule has 0 aromatic carbocycles. The van der Waals surface area contributed by atoms with Crippen LogP contribution in [0.5, 0.6) is 5.75 Å². The third-order valence-electron chi connectivity index (χ3n) is 3.10. The molecule has 0 unspecified atom stereocenters. The molecule has 0 aliphatic carbocycles. The van der Waals surface area contributed by atoms with Crippen LogP contribution in [0.4, 0.5) is 0 Å². The highest BCUT2D eigenvalue weighted by Crippen LogP contribution is 2.20. The zero-order valence-electron chi connectivity index (χ0n) is 9.74. The molecule has 16 heavy (non-hydrogen) atoms. The molecule has 1 aromatic heterocycles. The Morgan fingerprint density at radius 2 is 2.44 bits per heavy atom. The van der Waals surface area contributed by atoms with Crippen LogP contribution >= 0.6 is 11.6 Å². The molecule has 88 valence electrons. The molecular weight excluding hydrogens is 224 g/mol. The zero-order chi connectivity index (χ0) is 11.5. The van der Waals surface area contributed by atoms with Gasteiger partial charge in [-0.15, -0.1) is 0 Å². The fraction of sp³-hybridized carbons (Fsp3) is 0.583. The van der Waals surface area contributed by atoms with E-state index >= 15 is 0 Å². The number of aryl methyl sites for hydroxylation is 1. The van der Waals surface area contributed by atoms with Crippen LogP contribution in [0.2, 0.25) is 5.15 Å². The molecule has 0 bridgehead atoms. The predicted molar refractivity (Wildman–Crippen MR) is 65.1 cm³/mol. The number of ether oxygens (including phenoxy) is 1. The standard InChI is InChI=1S/C12H17ClN2O/c1-9-6-11(7-14-12(9)13)16-8-10-4-3-5-15(10)2/h6-7,10H,3-5,8H2,1-2H3/t10-/m0/s1. The minimum Gasteiger partial charge on any atom is -0.490 e. The Hall–Kier alpha value is -0.800. The number of hydrogen-bond acceptors (Lipinski definition) is 3. The van der Waals surface area contributed by atoms with Crippen molar-refractivity contribution in [2.75, 3.05) is 20.2 Å². The summed E-state index contributed by atoms with van der Waals surface area (Å²) < 4.78 is 5.73. The summed E-state index contributed by atoms with van der Waals surface area (Å²) in [4.78, 5) is 6.41. The van der Waals surface area contributed by atoms with Crippen molar-refractivity contribution in [1.29, 1.82) is 0 Å². The van der Waals surface area contributed by atoms with Gasteiger partial charge >= 0.3 is 0 Å². The van der Waals surface area contributed by atoms with Gasteiger partial charge in [-0.05, 0) is 45.0 Å². The van der Waals surface area contributed by atoms with E-state index < -0.39 is 0 Å². The molecule has 4 heteroatoms. The first-order valence-corrected chi connectivity index (χ1v) is 6.00. The lowest BCUT2D eigenvalue weighted by molar-refractivity contribution is 0.198. The molecule has 1 aliphatic rings. The average molecular weight is 241 g/mol. The summed E-state index contributed by atoms with van der Waals surface area (Å²) in [5.41, 5.74) is 0.957. The summed E-state index contributed by atoms with van der Waals surface area (Å²) in [6.45, 7) is 3.84. The predicted octanol–water partition coefficient (Wildman–Crippen LogP) is 2.52. The maximum Gasteiger partial charge on any atom is 0.138 e. The van der Waals surface area contributed by atoms with Gasteiger partial charge in [0.2, 0.25) is 0 Å². The summed E-state index contributed by atoms with van der Waals surface area (Å²) in [5, 5.41) is 0.547. The first-order chi connectivity index (χ1) is 7.66. The summed E-state index contributed by atoms with van der Waals surface area (Å²) in [6, 6.07) is 2.47.